The molecule has 2 aromatic rings. The number of rotatable bonds is 2. The first-order valence-electron chi connectivity index (χ1n) is 4.66. The number of carbonyl (C=O) groups excluding carboxylic acids is 1. The minimum atomic E-state index is -0.197. The zero-order valence-corrected chi connectivity index (χ0v) is 8.34. The molecule has 0 unspecified atom stereocenters. The molecule has 2 aromatic heterocycles. The summed E-state index contributed by atoms with van der Waals surface area (Å²) in [7, 11) is 0. The molecular formula is C11H11N3O. The number of carbonyl (C=O) groups is 1. The van der Waals surface area contributed by atoms with Crippen molar-refractivity contribution in [3.8, 4) is 0 Å². The van der Waals surface area contributed by atoms with Crippen molar-refractivity contribution in [2.45, 2.75) is 6.92 Å². The van der Waals surface area contributed by atoms with Crippen LogP contribution in [-0.4, -0.2) is 16.5 Å². The van der Waals surface area contributed by atoms with Crippen molar-refractivity contribution in [1.29, 1.82) is 0 Å². The molecule has 0 aromatic carbocycles. The number of hydrazone groups is 1. The van der Waals surface area contributed by atoms with E-state index in [0.29, 0.717) is 5.56 Å². The van der Waals surface area contributed by atoms with E-state index in [-0.39, 0.29) is 5.91 Å². The normalized spacial score (nSPS) is 11.0. The second-order valence-corrected chi connectivity index (χ2v) is 3.09. The Balaban J connectivity index is 2.32. The highest BCUT2D eigenvalue weighted by Gasteiger charge is 2.06. The van der Waals surface area contributed by atoms with Gasteiger partial charge in [0.05, 0.1) is 5.56 Å². The molecule has 0 spiro atoms. The summed E-state index contributed by atoms with van der Waals surface area (Å²) >= 11 is 0. The topological polar surface area (TPSA) is 45.9 Å². The van der Waals surface area contributed by atoms with Crippen molar-refractivity contribution in [3.05, 3.63) is 42.2 Å². The molecule has 2 rings (SSSR count). The number of amides is 1. The lowest BCUT2D eigenvalue weighted by Gasteiger charge is -1.93. The number of nitrogens with zero attached hydrogens (tertiary/aromatic N) is 2. The predicted molar refractivity (Wildman–Crippen MR) is 59.0 cm³/mol. The van der Waals surface area contributed by atoms with Crippen molar-refractivity contribution >= 4 is 17.6 Å². The molecule has 0 aliphatic carbocycles. The molecule has 0 fully saturated rings. The summed E-state index contributed by atoms with van der Waals surface area (Å²) in [4.78, 5) is 11.5. The monoisotopic (exact) mass is 201 g/mol. The molecule has 1 N–H and O–H groups in total. The van der Waals surface area contributed by atoms with Crippen molar-refractivity contribution < 1.29 is 4.79 Å². The highest BCUT2D eigenvalue weighted by Crippen LogP contribution is 2.09. The van der Waals surface area contributed by atoms with E-state index in [2.05, 4.69) is 10.5 Å². The van der Waals surface area contributed by atoms with Crippen LogP contribution in [0.15, 0.2) is 41.8 Å². The first kappa shape index (κ1) is 9.45. The van der Waals surface area contributed by atoms with E-state index >= 15 is 0 Å². The van der Waals surface area contributed by atoms with Gasteiger partial charge in [0.2, 0.25) is 0 Å². The van der Waals surface area contributed by atoms with Crippen molar-refractivity contribution in [1.82, 2.24) is 9.83 Å². The number of aromatic nitrogens is 1. The first-order chi connectivity index (χ1) is 7.31. The van der Waals surface area contributed by atoms with Crippen LogP contribution in [-0.2, 0) is 0 Å². The van der Waals surface area contributed by atoms with E-state index in [9.17, 15) is 4.79 Å². The number of hydrogen-bond donors (Lipinski definition) is 1. The van der Waals surface area contributed by atoms with E-state index < -0.39 is 0 Å². The minimum Gasteiger partial charge on any atom is -0.323 e. The molecular weight excluding hydrogens is 190 g/mol. The molecule has 0 atom stereocenters. The second kappa shape index (κ2) is 3.96. The van der Waals surface area contributed by atoms with Crippen molar-refractivity contribution in [2.24, 2.45) is 5.10 Å². The second-order valence-electron chi connectivity index (χ2n) is 3.09. The van der Waals surface area contributed by atoms with Gasteiger partial charge in [0.1, 0.15) is 0 Å². The van der Waals surface area contributed by atoms with Crippen LogP contribution in [0.2, 0.25) is 0 Å². The average Bonchev–Trinajstić information content (AvgIpc) is 2.69. The van der Waals surface area contributed by atoms with Crippen molar-refractivity contribution in [3.63, 3.8) is 0 Å². The first-order valence-corrected chi connectivity index (χ1v) is 4.66. The van der Waals surface area contributed by atoms with Crippen LogP contribution >= 0.6 is 0 Å². The Morgan fingerprint density at radius 2 is 2.40 bits per heavy atom. The van der Waals surface area contributed by atoms with Gasteiger partial charge < -0.3 is 4.40 Å². The summed E-state index contributed by atoms with van der Waals surface area (Å²) in [6.45, 7) is 1.75. The van der Waals surface area contributed by atoms with Crippen LogP contribution in [0.3, 0.4) is 0 Å². The third-order valence-electron chi connectivity index (χ3n) is 2.06. The Kier molecular flexibility index (Phi) is 2.49. The summed E-state index contributed by atoms with van der Waals surface area (Å²) in [6.07, 6.45) is 5.21. The Hall–Kier alpha value is -2.10. The lowest BCUT2D eigenvalue weighted by molar-refractivity contribution is 0.0955. The van der Waals surface area contributed by atoms with Crippen molar-refractivity contribution in [2.75, 3.05) is 0 Å². The fourth-order valence-electron chi connectivity index (χ4n) is 1.37. The van der Waals surface area contributed by atoms with E-state index in [1.807, 2.05) is 34.9 Å². The van der Waals surface area contributed by atoms with Gasteiger partial charge in [-0.05, 0) is 25.1 Å². The number of hydrogen-bond acceptors (Lipinski definition) is 2. The lowest BCUT2D eigenvalue weighted by atomic mass is 10.3. The quantitative estimate of drug-likeness (QED) is 0.583. The SMILES string of the molecule is CC=NNC(=O)c1cc2ccccn2c1. The molecule has 0 saturated carbocycles. The van der Waals surface area contributed by atoms with Gasteiger partial charge in [-0.3, -0.25) is 4.79 Å². The summed E-state index contributed by atoms with van der Waals surface area (Å²) in [5, 5.41) is 3.68. The van der Waals surface area contributed by atoms with Gasteiger partial charge in [-0.25, -0.2) is 5.43 Å². The van der Waals surface area contributed by atoms with Crippen LogP contribution < -0.4 is 5.43 Å². The summed E-state index contributed by atoms with van der Waals surface area (Å²) in [5.74, 6) is -0.197. The molecule has 4 heteroatoms. The molecule has 0 aliphatic heterocycles. The molecule has 15 heavy (non-hydrogen) atoms. The maximum atomic E-state index is 11.5. The average molecular weight is 201 g/mol. The van der Waals surface area contributed by atoms with Crippen LogP contribution in [0.1, 0.15) is 17.3 Å². The fourth-order valence-corrected chi connectivity index (χ4v) is 1.37. The molecule has 76 valence electrons. The smallest absolute Gasteiger partial charge is 0.272 e. The van der Waals surface area contributed by atoms with E-state index in [0.717, 1.165) is 5.52 Å². The Bertz CT molecular complexity index is 480. The predicted octanol–water partition coefficient (Wildman–Crippen LogP) is 1.67. The Labute approximate surface area is 87.2 Å². The zero-order chi connectivity index (χ0) is 10.7. The third-order valence-corrected chi connectivity index (χ3v) is 2.06. The van der Waals surface area contributed by atoms with Gasteiger partial charge in [0.25, 0.3) is 5.91 Å². The number of fused-ring (bicyclic) bond motifs is 1. The molecule has 1 amide bonds. The maximum absolute atomic E-state index is 11.5. The van der Waals surface area contributed by atoms with Gasteiger partial charge in [-0.15, -0.1) is 0 Å². The van der Waals surface area contributed by atoms with Gasteiger partial charge in [-0.2, -0.15) is 5.10 Å². The molecule has 0 aliphatic rings. The van der Waals surface area contributed by atoms with E-state index in [4.69, 9.17) is 0 Å². The Morgan fingerprint density at radius 1 is 1.53 bits per heavy atom. The largest absolute Gasteiger partial charge is 0.323 e. The zero-order valence-electron chi connectivity index (χ0n) is 8.34. The number of nitrogens with one attached hydrogen (secondary N) is 1. The highest BCUT2D eigenvalue weighted by atomic mass is 16.2. The minimum absolute atomic E-state index is 0.197. The molecule has 0 saturated heterocycles. The van der Waals surface area contributed by atoms with Gasteiger partial charge in [-0.1, -0.05) is 6.07 Å². The van der Waals surface area contributed by atoms with Gasteiger partial charge in [0.15, 0.2) is 0 Å². The summed E-state index contributed by atoms with van der Waals surface area (Å²) < 4.78 is 1.89. The van der Waals surface area contributed by atoms with Gasteiger partial charge in [0, 0.05) is 24.1 Å². The lowest BCUT2D eigenvalue weighted by Crippen LogP contribution is -2.16. The van der Waals surface area contributed by atoms with Crippen LogP contribution in [0, 0.1) is 0 Å². The van der Waals surface area contributed by atoms with Gasteiger partial charge >= 0.3 is 0 Å². The van der Waals surface area contributed by atoms with Crippen LogP contribution in [0.25, 0.3) is 5.52 Å². The molecule has 4 nitrogen and oxygen atoms in total. The molecule has 2 heterocycles. The van der Waals surface area contributed by atoms with E-state index in [1.54, 1.807) is 13.1 Å². The third kappa shape index (κ3) is 1.88. The fraction of sp³-hybridized carbons (Fsp3) is 0.0909. The van der Waals surface area contributed by atoms with Crippen LogP contribution in [0.5, 0.6) is 0 Å². The summed E-state index contributed by atoms with van der Waals surface area (Å²) in [6, 6.07) is 7.61. The maximum Gasteiger partial charge on any atom is 0.272 e. The molecule has 0 bridgehead atoms. The Morgan fingerprint density at radius 3 is 3.13 bits per heavy atom. The summed E-state index contributed by atoms with van der Waals surface area (Å²) in [5.41, 5.74) is 4.02. The highest BCUT2D eigenvalue weighted by molar-refractivity contribution is 5.95. The number of pyridine rings is 1. The van der Waals surface area contributed by atoms with Crippen LogP contribution in [0.4, 0.5) is 0 Å². The standard InChI is InChI=1S/C11H11N3O/c1-2-12-13-11(15)9-7-10-5-3-4-6-14(10)8-9/h2-8H,1H3,(H,13,15). The van der Waals surface area contributed by atoms with E-state index in [1.165, 1.54) is 6.21 Å². The molecule has 0 radical (unpaired) electrons.